The van der Waals surface area contributed by atoms with Crippen LogP contribution in [0.25, 0.3) is 11.0 Å². The van der Waals surface area contributed by atoms with Crippen LogP contribution in [0.4, 0.5) is 5.69 Å². The molecule has 1 aromatic heterocycles. The maximum absolute atomic E-state index is 14.4. The number of nitrogen functional groups attached to an aromatic ring is 1. The average Bonchev–Trinajstić information content (AvgIpc) is 3.95. The number of terminal acetylenes is 1. The molecule has 8 rings (SSSR count). The van der Waals surface area contributed by atoms with Gasteiger partial charge in [-0.15, -0.1) is 0 Å². The van der Waals surface area contributed by atoms with Gasteiger partial charge in [-0.25, -0.2) is 4.79 Å². The number of aliphatic hydroxyl groups is 1. The third-order valence-electron chi connectivity index (χ3n) is 13.3. The zero-order valence-corrected chi connectivity index (χ0v) is 32.6. The maximum atomic E-state index is 14.4. The molecular formula is C42H56IN6O3-. The molecule has 0 bridgehead atoms. The Morgan fingerprint density at radius 3 is 2.56 bits per heavy atom. The quantitative estimate of drug-likeness (QED) is 0.101. The number of aromatic nitrogens is 2. The predicted octanol–water partition coefficient (Wildman–Crippen LogP) is 1.69. The summed E-state index contributed by atoms with van der Waals surface area (Å²) in [6, 6.07) is 12.9. The number of aromatic amines is 1. The number of alkyl halides is 2. The van der Waals surface area contributed by atoms with Crippen molar-refractivity contribution in [1.82, 2.24) is 24.7 Å². The Bertz CT molecular complexity index is 1830. The number of H-pyrrole nitrogens is 1. The number of piperazine rings is 1. The van der Waals surface area contributed by atoms with E-state index in [1.54, 1.807) is 0 Å². The fourth-order valence-corrected chi connectivity index (χ4v) is 11.8. The Morgan fingerprint density at radius 1 is 1.04 bits per heavy atom. The topological polar surface area (TPSA) is 120 Å². The van der Waals surface area contributed by atoms with Crippen LogP contribution in [0.1, 0.15) is 90.9 Å². The van der Waals surface area contributed by atoms with Gasteiger partial charge in [-0.3, -0.25) is 4.57 Å². The second-order valence-corrected chi connectivity index (χ2v) is 19.6. The van der Waals surface area contributed by atoms with Crippen molar-refractivity contribution in [2.75, 3.05) is 49.4 Å². The number of nitrogens with zero attached hydrogens (tertiary/aromatic N) is 3. The average molecular weight is 820 g/mol. The number of imidazole rings is 1. The Kier molecular flexibility index (Phi) is 11.0. The second kappa shape index (κ2) is 15.9. The Labute approximate surface area is 318 Å². The molecule has 9 nitrogen and oxygen atoms in total. The number of nitrogens with one attached hydrogen (secondary N) is 2. The summed E-state index contributed by atoms with van der Waals surface area (Å²) in [4.78, 5) is 35.0. The molecule has 2 aliphatic carbocycles. The number of amides is 1. The number of nitrogens with two attached hydrogens (primary N) is 1. The van der Waals surface area contributed by atoms with E-state index >= 15 is 0 Å². The van der Waals surface area contributed by atoms with Crippen LogP contribution in [-0.4, -0.2) is 86.2 Å². The van der Waals surface area contributed by atoms with E-state index in [1.807, 2.05) is 34.9 Å². The number of hydrogen-bond donors (Lipinski definition) is 4. The summed E-state index contributed by atoms with van der Waals surface area (Å²) >= 11 is 0.155. The van der Waals surface area contributed by atoms with Gasteiger partial charge in [0.15, 0.2) is 0 Å². The fraction of sp³-hybridized carbons (Fsp3) is 0.619. The van der Waals surface area contributed by atoms with Crippen LogP contribution in [-0.2, 0) is 11.2 Å². The van der Waals surface area contributed by atoms with Gasteiger partial charge in [0, 0.05) is 12.6 Å². The number of aliphatic hydroxyl groups excluding tert-OH is 1. The molecule has 10 heteroatoms. The van der Waals surface area contributed by atoms with Crippen molar-refractivity contribution >= 4 is 22.6 Å². The van der Waals surface area contributed by atoms with E-state index < -0.39 is 6.10 Å². The third-order valence-corrected chi connectivity index (χ3v) is 15.7. The van der Waals surface area contributed by atoms with Crippen molar-refractivity contribution in [1.29, 1.82) is 0 Å². The minimum atomic E-state index is -0.456. The number of carbonyl (C=O) groups is 1. The van der Waals surface area contributed by atoms with Gasteiger partial charge in [-0.2, -0.15) is 0 Å². The van der Waals surface area contributed by atoms with E-state index in [2.05, 4.69) is 32.1 Å². The van der Waals surface area contributed by atoms with E-state index in [1.165, 1.54) is 29.3 Å². The molecule has 1 amide bonds. The number of fused-ring (bicyclic) bond motifs is 2. The molecular weight excluding hydrogens is 763 g/mol. The first-order chi connectivity index (χ1) is 25.4. The van der Waals surface area contributed by atoms with Crippen molar-refractivity contribution < 1.29 is 31.1 Å². The van der Waals surface area contributed by atoms with Crippen molar-refractivity contribution in [3.05, 3.63) is 63.6 Å². The number of halogens is 1. The van der Waals surface area contributed by atoms with Crippen LogP contribution in [0.15, 0.2) is 41.2 Å². The van der Waals surface area contributed by atoms with Crippen molar-refractivity contribution in [3.8, 4) is 12.3 Å². The SMILES string of the molecule is C#Cc1cc(C[C@@H](CCC(O)CC2CCC(n3c(=O)[nH]c4ccccc43)CC2)C(=O)N2CCN(C3CNCCC4CCC43)CC2)cc(C2C[I-]2)c1N. The summed E-state index contributed by atoms with van der Waals surface area (Å²) in [5.41, 5.74) is 12.1. The molecule has 0 spiro atoms. The van der Waals surface area contributed by atoms with E-state index in [9.17, 15) is 14.7 Å². The number of anilines is 1. The molecule has 5 unspecified atom stereocenters. The van der Waals surface area contributed by atoms with Gasteiger partial charge < -0.3 is 10.3 Å². The first-order valence-corrected chi connectivity index (χ1v) is 22.7. The molecule has 6 atom stereocenters. The summed E-state index contributed by atoms with van der Waals surface area (Å²) in [5, 5.41) is 15.1. The van der Waals surface area contributed by atoms with Gasteiger partial charge in [-0.1, -0.05) is 12.1 Å². The monoisotopic (exact) mass is 819 g/mol. The van der Waals surface area contributed by atoms with Crippen LogP contribution in [0.3, 0.4) is 0 Å². The molecule has 4 heterocycles. The summed E-state index contributed by atoms with van der Waals surface area (Å²) < 4.78 is 3.76. The van der Waals surface area contributed by atoms with E-state index in [0.717, 1.165) is 111 Å². The van der Waals surface area contributed by atoms with Gasteiger partial charge in [0.2, 0.25) is 0 Å². The van der Waals surface area contributed by atoms with Crippen LogP contribution < -0.4 is 37.9 Å². The number of carbonyl (C=O) groups excluding carboxylic acids is 1. The van der Waals surface area contributed by atoms with Crippen LogP contribution in [0.2, 0.25) is 0 Å². The first kappa shape index (κ1) is 36.1. The van der Waals surface area contributed by atoms with Crippen molar-refractivity contribution in [2.24, 2.45) is 23.7 Å². The zero-order valence-electron chi connectivity index (χ0n) is 30.4. The Balaban J connectivity index is 0.908. The van der Waals surface area contributed by atoms with Gasteiger partial charge >= 0.3 is 202 Å². The molecule has 3 aromatic rings. The number of hydrogen-bond acceptors (Lipinski definition) is 6. The zero-order chi connectivity index (χ0) is 35.8. The molecule has 3 aliphatic heterocycles. The molecule has 5 aliphatic rings. The normalized spacial score (nSPS) is 29.2. The molecule has 5 fully saturated rings. The summed E-state index contributed by atoms with van der Waals surface area (Å²) in [7, 11) is 0. The molecule has 3 saturated heterocycles. The van der Waals surface area contributed by atoms with E-state index in [4.69, 9.17) is 12.2 Å². The van der Waals surface area contributed by atoms with E-state index in [-0.39, 0.29) is 44.8 Å². The first-order valence-electron chi connectivity index (χ1n) is 19.9. The Hall–Kier alpha value is -2.85. The van der Waals surface area contributed by atoms with Crippen molar-refractivity contribution in [3.63, 3.8) is 0 Å². The molecule has 280 valence electrons. The predicted molar refractivity (Wildman–Crippen MR) is 203 cm³/mol. The van der Waals surface area contributed by atoms with Crippen LogP contribution in [0.5, 0.6) is 0 Å². The summed E-state index contributed by atoms with van der Waals surface area (Å²) in [5.74, 6) is 4.91. The molecule has 0 radical (unpaired) electrons. The molecule has 2 aromatic carbocycles. The molecule has 2 saturated carbocycles. The van der Waals surface area contributed by atoms with Gasteiger partial charge in [0.05, 0.1) is 11.0 Å². The standard InChI is InChI=1S/C42H56IN6O3/c1-2-29-21-28(24-35(40(29)44)36-25-43-36)22-31(41(51)48-19-17-47(18-20-48)39-26-45-16-15-30-10-14-34(30)39)9-13-33(50)23-27-7-11-32(12-8-27)49-38-6-4-3-5-37(38)46-42(49)52/h1,3-6,21,24,27,30-34,36,39,45,50H,7-20,22-23,25-26,44H2,(H,46,52)/q-1/t27?,30?,31-,32?,33?,34?,36?,39?/m1/s1. The van der Waals surface area contributed by atoms with Gasteiger partial charge in [0.1, 0.15) is 0 Å². The minimum absolute atomic E-state index is 0.0309. The van der Waals surface area contributed by atoms with Gasteiger partial charge in [-0.05, 0) is 62.6 Å². The van der Waals surface area contributed by atoms with Gasteiger partial charge in [0.25, 0.3) is 0 Å². The number of rotatable bonds is 11. The Morgan fingerprint density at radius 2 is 1.83 bits per heavy atom. The van der Waals surface area contributed by atoms with E-state index in [0.29, 0.717) is 35.1 Å². The second-order valence-electron chi connectivity index (χ2n) is 16.3. The number of benzene rings is 2. The van der Waals surface area contributed by atoms with Crippen LogP contribution in [0, 0.1) is 36.0 Å². The fourth-order valence-electron chi connectivity index (χ4n) is 10.1. The molecule has 5 N–H and O–H groups in total. The number of para-hydroxylation sites is 2. The van der Waals surface area contributed by atoms with Crippen LogP contribution >= 0.6 is 0 Å². The third kappa shape index (κ3) is 7.71. The molecule has 52 heavy (non-hydrogen) atoms. The summed E-state index contributed by atoms with van der Waals surface area (Å²) in [6.45, 7) is 5.60. The van der Waals surface area contributed by atoms with Crippen molar-refractivity contribution in [2.45, 2.75) is 92.7 Å². The summed E-state index contributed by atoms with van der Waals surface area (Å²) in [6.07, 6.45) is 16.0.